The second-order valence-corrected chi connectivity index (χ2v) is 6.53. The molecule has 0 atom stereocenters. The van der Waals surface area contributed by atoms with Crippen molar-refractivity contribution in [1.82, 2.24) is 14.5 Å². The van der Waals surface area contributed by atoms with E-state index in [1.165, 1.54) is 6.07 Å². The number of nitrogens with one attached hydrogen (secondary N) is 1. The number of fused-ring (bicyclic) bond motifs is 1. The molecule has 6 heteroatoms. The smallest absolute Gasteiger partial charge is 0.178 e. The van der Waals surface area contributed by atoms with Gasteiger partial charge in [0.15, 0.2) is 4.77 Å². The van der Waals surface area contributed by atoms with Crippen LogP contribution in [0.5, 0.6) is 0 Å². The average Bonchev–Trinajstić information content (AvgIpc) is 2.66. The van der Waals surface area contributed by atoms with Gasteiger partial charge in [-0.05, 0) is 68.1 Å². The van der Waals surface area contributed by atoms with E-state index in [0.717, 1.165) is 30.5 Å². The Morgan fingerprint density at radius 1 is 1.45 bits per heavy atom. The van der Waals surface area contributed by atoms with Crippen LogP contribution in [0.4, 0.5) is 4.39 Å². The van der Waals surface area contributed by atoms with Crippen molar-refractivity contribution in [2.45, 2.75) is 32.9 Å². The van der Waals surface area contributed by atoms with Crippen LogP contribution >= 0.6 is 28.1 Å². The molecule has 0 spiro atoms. The van der Waals surface area contributed by atoms with Gasteiger partial charge in [0.2, 0.25) is 0 Å². The zero-order valence-electron chi connectivity index (χ0n) is 11.9. The van der Waals surface area contributed by atoms with Crippen LogP contribution in [0.2, 0.25) is 0 Å². The molecule has 1 aromatic carbocycles. The maximum Gasteiger partial charge on any atom is 0.178 e. The third kappa shape index (κ3) is 3.30. The molecule has 0 aliphatic heterocycles. The van der Waals surface area contributed by atoms with Gasteiger partial charge < -0.3 is 14.5 Å². The van der Waals surface area contributed by atoms with Gasteiger partial charge in [-0.15, -0.1) is 0 Å². The normalized spacial score (nSPS) is 11.9. The first-order valence-corrected chi connectivity index (χ1v) is 7.88. The van der Waals surface area contributed by atoms with Crippen LogP contribution in [0.1, 0.15) is 20.3 Å². The van der Waals surface area contributed by atoms with Crippen molar-refractivity contribution < 1.29 is 4.39 Å². The van der Waals surface area contributed by atoms with Gasteiger partial charge in [-0.3, -0.25) is 0 Å². The van der Waals surface area contributed by atoms with Crippen molar-refractivity contribution in [3.05, 3.63) is 27.2 Å². The highest BCUT2D eigenvalue weighted by Crippen LogP contribution is 2.23. The third-order valence-corrected chi connectivity index (χ3v) is 4.52. The molecule has 0 aliphatic rings. The van der Waals surface area contributed by atoms with E-state index in [0.29, 0.717) is 15.3 Å². The Morgan fingerprint density at radius 2 is 2.15 bits per heavy atom. The first-order valence-electron chi connectivity index (χ1n) is 6.68. The highest BCUT2D eigenvalue weighted by Gasteiger charge is 2.09. The largest absolute Gasteiger partial charge is 0.331 e. The molecule has 1 N–H and O–H groups in total. The van der Waals surface area contributed by atoms with E-state index in [4.69, 9.17) is 12.2 Å². The highest BCUT2D eigenvalue weighted by molar-refractivity contribution is 9.10. The van der Waals surface area contributed by atoms with Gasteiger partial charge in [0.1, 0.15) is 5.82 Å². The Hall–Kier alpha value is -0.720. The maximum absolute atomic E-state index is 13.7. The number of hydrogen-bond donors (Lipinski definition) is 1. The zero-order valence-corrected chi connectivity index (χ0v) is 14.3. The lowest BCUT2D eigenvalue weighted by atomic mass is 10.3. The highest BCUT2D eigenvalue weighted by atomic mass is 79.9. The van der Waals surface area contributed by atoms with Crippen molar-refractivity contribution in [2.75, 3.05) is 13.6 Å². The summed E-state index contributed by atoms with van der Waals surface area (Å²) in [4.78, 5) is 5.41. The maximum atomic E-state index is 13.7. The van der Waals surface area contributed by atoms with Gasteiger partial charge in [-0.25, -0.2) is 4.39 Å². The fraction of sp³-hybridized carbons (Fsp3) is 0.500. The Labute approximate surface area is 131 Å². The first-order chi connectivity index (χ1) is 9.40. The predicted molar refractivity (Wildman–Crippen MR) is 87.2 cm³/mol. The molecular formula is C14H19BrFN3S. The molecule has 20 heavy (non-hydrogen) atoms. The third-order valence-electron chi connectivity index (χ3n) is 3.59. The minimum Gasteiger partial charge on any atom is -0.331 e. The quantitative estimate of drug-likeness (QED) is 0.803. The van der Waals surface area contributed by atoms with Crippen LogP contribution in [0.25, 0.3) is 11.0 Å². The molecule has 0 unspecified atom stereocenters. The Morgan fingerprint density at radius 3 is 2.80 bits per heavy atom. The number of hydrogen-bond acceptors (Lipinski definition) is 2. The molecule has 1 heterocycles. The SMILES string of the molecule is CC(C)N(C)CCCn1c(=S)[nH]c2cc(Br)c(F)cc21. The molecule has 110 valence electrons. The number of aryl methyl sites for hydroxylation is 1. The van der Waals surface area contributed by atoms with E-state index in [2.05, 4.69) is 46.7 Å². The Balaban J connectivity index is 2.20. The molecule has 0 saturated heterocycles. The number of rotatable bonds is 5. The van der Waals surface area contributed by atoms with Crippen LogP contribution in [0, 0.1) is 10.6 Å². The minimum absolute atomic E-state index is 0.264. The van der Waals surface area contributed by atoms with E-state index in [1.807, 2.05) is 4.57 Å². The molecule has 2 rings (SSSR count). The minimum atomic E-state index is -0.264. The molecule has 3 nitrogen and oxygen atoms in total. The molecule has 0 radical (unpaired) electrons. The standard InChI is InChI=1S/C14H19BrFN3S/c1-9(2)18(3)5-4-6-19-13-8-11(16)10(15)7-12(13)17-14(19)20/h7-9H,4-6H2,1-3H3,(H,17,20). The number of aromatic nitrogens is 2. The monoisotopic (exact) mass is 359 g/mol. The lowest BCUT2D eigenvalue weighted by molar-refractivity contribution is 0.266. The summed E-state index contributed by atoms with van der Waals surface area (Å²) in [6, 6.07) is 3.79. The van der Waals surface area contributed by atoms with Gasteiger partial charge >= 0.3 is 0 Å². The van der Waals surface area contributed by atoms with Crippen LogP contribution in [0.3, 0.4) is 0 Å². The van der Waals surface area contributed by atoms with Crippen molar-refractivity contribution in [3.8, 4) is 0 Å². The molecule has 2 aromatic rings. The van der Waals surface area contributed by atoms with Crippen LogP contribution in [0.15, 0.2) is 16.6 Å². The topological polar surface area (TPSA) is 24.0 Å². The van der Waals surface area contributed by atoms with Gasteiger partial charge in [-0.2, -0.15) is 0 Å². The summed E-state index contributed by atoms with van der Waals surface area (Å²) in [5, 5.41) is 0. The first kappa shape index (κ1) is 15.7. The zero-order chi connectivity index (χ0) is 14.9. The summed E-state index contributed by atoms with van der Waals surface area (Å²) in [6.07, 6.45) is 0.980. The van der Waals surface area contributed by atoms with E-state index < -0.39 is 0 Å². The van der Waals surface area contributed by atoms with Crippen molar-refractivity contribution >= 4 is 39.2 Å². The van der Waals surface area contributed by atoms with Crippen LogP contribution in [-0.4, -0.2) is 34.1 Å². The summed E-state index contributed by atoms with van der Waals surface area (Å²) in [7, 11) is 2.11. The molecule has 1 aromatic heterocycles. The van der Waals surface area contributed by atoms with Gasteiger partial charge in [0.05, 0.1) is 15.5 Å². The van der Waals surface area contributed by atoms with Crippen LogP contribution < -0.4 is 0 Å². The van der Waals surface area contributed by atoms with E-state index in [1.54, 1.807) is 6.07 Å². The Bertz CT molecular complexity index is 662. The number of aromatic amines is 1. The number of imidazole rings is 1. The average molecular weight is 360 g/mol. The van der Waals surface area contributed by atoms with E-state index in [9.17, 15) is 4.39 Å². The molecule has 0 bridgehead atoms. The summed E-state index contributed by atoms with van der Waals surface area (Å²) >= 11 is 8.52. The lowest BCUT2D eigenvalue weighted by Gasteiger charge is -2.20. The molecule has 0 aliphatic carbocycles. The second kappa shape index (κ2) is 6.37. The second-order valence-electron chi connectivity index (χ2n) is 5.29. The van der Waals surface area contributed by atoms with E-state index in [-0.39, 0.29) is 5.82 Å². The predicted octanol–water partition coefficient (Wildman–Crippen LogP) is 4.33. The molecule has 0 amide bonds. The van der Waals surface area contributed by atoms with Crippen molar-refractivity contribution in [2.24, 2.45) is 0 Å². The van der Waals surface area contributed by atoms with Crippen molar-refractivity contribution in [1.29, 1.82) is 0 Å². The van der Waals surface area contributed by atoms with Gasteiger partial charge in [-0.1, -0.05) is 0 Å². The number of halogens is 2. The van der Waals surface area contributed by atoms with Gasteiger partial charge in [0, 0.05) is 18.7 Å². The number of nitrogens with zero attached hydrogens (tertiary/aromatic N) is 2. The van der Waals surface area contributed by atoms with E-state index >= 15 is 0 Å². The lowest BCUT2D eigenvalue weighted by Crippen LogP contribution is -2.27. The van der Waals surface area contributed by atoms with Crippen LogP contribution in [-0.2, 0) is 6.54 Å². The van der Waals surface area contributed by atoms with Crippen molar-refractivity contribution in [3.63, 3.8) is 0 Å². The Kier molecular flexibility index (Phi) is 4.99. The summed E-state index contributed by atoms with van der Waals surface area (Å²) in [6.45, 7) is 6.12. The molecular weight excluding hydrogens is 341 g/mol. The number of H-pyrrole nitrogens is 1. The summed E-state index contributed by atoms with van der Waals surface area (Å²) in [5.41, 5.74) is 1.68. The van der Waals surface area contributed by atoms with Gasteiger partial charge in [0.25, 0.3) is 0 Å². The fourth-order valence-electron chi connectivity index (χ4n) is 2.11. The fourth-order valence-corrected chi connectivity index (χ4v) is 2.75. The summed E-state index contributed by atoms with van der Waals surface area (Å²) in [5.74, 6) is -0.264. The molecule has 0 saturated carbocycles. The molecule has 0 fully saturated rings. The summed E-state index contributed by atoms with van der Waals surface area (Å²) < 4.78 is 16.7. The number of benzene rings is 1.